The zero-order chi connectivity index (χ0) is 24.6. The molecule has 34 heavy (non-hydrogen) atoms. The molecule has 2 aromatic heterocycles. The number of rotatable bonds is 7. The molecule has 4 rings (SSSR count). The number of ether oxygens (including phenoxy) is 1. The average molecular weight is 500 g/mol. The number of ketones is 1. The van der Waals surface area contributed by atoms with Gasteiger partial charge in [-0.05, 0) is 38.1 Å². The van der Waals surface area contributed by atoms with Crippen molar-refractivity contribution in [1.82, 2.24) is 14.5 Å². The zero-order valence-electron chi connectivity index (χ0n) is 18.6. The van der Waals surface area contributed by atoms with E-state index in [9.17, 15) is 13.2 Å². The van der Waals surface area contributed by atoms with Crippen LogP contribution in [0.25, 0.3) is 11.0 Å². The summed E-state index contributed by atoms with van der Waals surface area (Å²) >= 11 is 6.52. The van der Waals surface area contributed by atoms with Crippen molar-refractivity contribution in [1.29, 1.82) is 0 Å². The Labute approximate surface area is 201 Å². The lowest BCUT2D eigenvalue weighted by molar-refractivity contribution is 0.104. The molecule has 0 aliphatic rings. The van der Waals surface area contributed by atoms with Gasteiger partial charge in [-0.3, -0.25) is 9.52 Å². The second-order valence-corrected chi connectivity index (χ2v) is 9.84. The first kappa shape index (κ1) is 23.5. The van der Waals surface area contributed by atoms with E-state index in [1.165, 1.54) is 37.7 Å². The number of aromatic nitrogens is 3. The van der Waals surface area contributed by atoms with E-state index >= 15 is 0 Å². The van der Waals surface area contributed by atoms with Crippen LogP contribution < -0.4 is 15.2 Å². The number of nitrogens with one attached hydrogen (secondary N) is 1. The number of hydrogen-bond acceptors (Lipinski definition) is 7. The van der Waals surface area contributed by atoms with Crippen molar-refractivity contribution >= 4 is 49.9 Å². The smallest absolute Gasteiger partial charge is 0.262 e. The number of sulfonamides is 1. The Hall–Kier alpha value is -3.63. The van der Waals surface area contributed by atoms with Crippen molar-refractivity contribution in [3.05, 3.63) is 71.1 Å². The number of anilines is 2. The molecule has 4 aromatic rings. The molecule has 0 saturated carbocycles. The number of nitrogen functional groups attached to an aromatic ring is 1. The van der Waals surface area contributed by atoms with E-state index in [0.717, 1.165) is 0 Å². The Bertz CT molecular complexity index is 1520. The highest BCUT2D eigenvalue weighted by Gasteiger charge is 2.25. The van der Waals surface area contributed by atoms with Crippen molar-refractivity contribution in [3.8, 4) is 5.75 Å². The Morgan fingerprint density at radius 1 is 1.15 bits per heavy atom. The van der Waals surface area contributed by atoms with Crippen LogP contribution in [0.2, 0.25) is 5.02 Å². The molecular weight excluding hydrogens is 478 g/mol. The number of nitrogens with two attached hydrogens (primary N) is 1. The highest BCUT2D eigenvalue weighted by Crippen LogP contribution is 2.33. The Balaban J connectivity index is 1.77. The Morgan fingerprint density at radius 3 is 2.59 bits per heavy atom. The Kier molecular flexibility index (Phi) is 6.20. The number of hydrogen-bond donors (Lipinski definition) is 2. The molecule has 0 unspecified atom stereocenters. The molecule has 3 N–H and O–H groups in total. The average Bonchev–Trinajstić information content (AvgIpc) is 3.21. The molecule has 9 nitrogen and oxygen atoms in total. The van der Waals surface area contributed by atoms with Crippen LogP contribution in [0.4, 0.5) is 11.5 Å². The van der Waals surface area contributed by atoms with Crippen LogP contribution in [0, 0.1) is 0 Å². The van der Waals surface area contributed by atoms with E-state index in [1.807, 2.05) is 18.4 Å². The van der Waals surface area contributed by atoms with Crippen molar-refractivity contribution in [2.24, 2.45) is 0 Å². The van der Waals surface area contributed by atoms with Crippen molar-refractivity contribution in [3.63, 3.8) is 0 Å². The maximum atomic E-state index is 13.5. The van der Waals surface area contributed by atoms with Gasteiger partial charge in [-0.15, -0.1) is 0 Å². The summed E-state index contributed by atoms with van der Waals surface area (Å²) in [6.07, 6.45) is 3.00. The van der Waals surface area contributed by atoms with Gasteiger partial charge in [0, 0.05) is 23.9 Å². The largest absolute Gasteiger partial charge is 0.497 e. The first-order chi connectivity index (χ1) is 16.1. The number of methoxy groups -OCH3 is 1. The van der Waals surface area contributed by atoms with E-state index in [2.05, 4.69) is 14.7 Å². The SMILES string of the molecule is COc1cccc(S(=O)(=O)Nc2cccc(C(=O)c3cn(C(C)C)c4ncnc(N)c34)c2Cl)c1. The summed E-state index contributed by atoms with van der Waals surface area (Å²) in [6.45, 7) is 3.90. The number of carbonyl (C=O) groups excluding carboxylic acids is 1. The van der Waals surface area contributed by atoms with Gasteiger partial charge < -0.3 is 15.0 Å². The number of nitrogens with zero attached hydrogens (tertiary/aromatic N) is 3. The van der Waals surface area contributed by atoms with Gasteiger partial charge in [-0.1, -0.05) is 23.7 Å². The van der Waals surface area contributed by atoms with Crippen LogP contribution in [-0.2, 0) is 10.0 Å². The molecule has 0 spiro atoms. The molecule has 176 valence electrons. The minimum absolute atomic E-state index is 0.00910. The molecule has 0 fully saturated rings. The predicted octanol–water partition coefficient (Wildman–Crippen LogP) is 4.29. The standard InChI is InChI=1S/C23H22ClN5O4S/c1-13(2)29-11-17(19-22(25)26-12-27-23(19)29)21(30)16-8-5-9-18(20(16)24)28-34(31,32)15-7-4-6-14(10-15)33-3/h4-13,28H,1-3H3,(H2,25,26,27). The van der Waals surface area contributed by atoms with Crippen molar-refractivity contribution in [2.45, 2.75) is 24.8 Å². The maximum Gasteiger partial charge on any atom is 0.262 e. The lowest BCUT2D eigenvalue weighted by Crippen LogP contribution is -2.14. The minimum atomic E-state index is -3.99. The highest BCUT2D eigenvalue weighted by atomic mass is 35.5. The van der Waals surface area contributed by atoms with Gasteiger partial charge in [0.25, 0.3) is 10.0 Å². The summed E-state index contributed by atoms with van der Waals surface area (Å²) in [5.74, 6) is 0.122. The van der Waals surface area contributed by atoms with Gasteiger partial charge in [0.05, 0.1) is 33.7 Å². The lowest BCUT2D eigenvalue weighted by Gasteiger charge is -2.12. The normalized spacial score (nSPS) is 11.7. The van der Waals surface area contributed by atoms with E-state index in [1.54, 1.807) is 24.4 Å². The zero-order valence-corrected chi connectivity index (χ0v) is 20.2. The van der Waals surface area contributed by atoms with E-state index in [4.69, 9.17) is 22.1 Å². The van der Waals surface area contributed by atoms with Gasteiger partial charge in [0.1, 0.15) is 23.5 Å². The fraction of sp³-hybridized carbons (Fsp3) is 0.174. The third-order valence-corrected chi connectivity index (χ3v) is 7.05. The van der Waals surface area contributed by atoms with Crippen LogP contribution >= 0.6 is 11.6 Å². The van der Waals surface area contributed by atoms with Gasteiger partial charge >= 0.3 is 0 Å². The summed E-state index contributed by atoms with van der Waals surface area (Å²) in [6, 6.07) is 10.6. The number of carbonyl (C=O) groups is 1. The second kappa shape index (κ2) is 8.96. The fourth-order valence-corrected chi connectivity index (χ4v) is 5.00. The Morgan fingerprint density at radius 2 is 1.88 bits per heavy atom. The molecule has 0 aliphatic carbocycles. The van der Waals surface area contributed by atoms with E-state index < -0.39 is 15.8 Å². The van der Waals surface area contributed by atoms with Crippen LogP contribution in [0.15, 0.2) is 59.9 Å². The summed E-state index contributed by atoms with van der Waals surface area (Å²) in [7, 11) is -2.55. The van der Waals surface area contributed by atoms with Gasteiger partial charge in [-0.2, -0.15) is 0 Å². The molecule has 0 saturated heterocycles. The third-order valence-electron chi connectivity index (χ3n) is 5.28. The topological polar surface area (TPSA) is 129 Å². The molecule has 0 atom stereocenters. The summed E-state index contributed by atoms with van der Waals surface area (Å²) in [5, 5.41) is 0.375. The maximum absolute atomic E-state index is 13.5. The van der Waals surface area contributed by atoms with Crippen molar-refractivity contribution in [2.75, 3.05) is 17.6 Å². The fourth-order valence-electron chi connectivity index (χ4n) is 3.58. The molecule has 11 heteroatoms. The predicted molar refractivity (Wildman–Crippen MR) is 131 cm³/mol. The summed E-state index contributed by atoms with van der Waals surface area (Å²) in [4.78, 5) is 21.8. The highest BCUT2D eigenvalue weighted by molar-refractivity contribution is 7.92. The number of benzene rings is 2. The number of fused-ring (bicyclic) bond motifs is 1. The van der Waals surface area contributed by atoms with Gasteiger partial charge in [0.2, 0.25) is 0 Å². The van der Waals surface area contributed by atoms with Crippen LogP contribution in [-0.4, -0.2) is 35.8 Å². The minimum Gasteiger partial charge on any atom is -0.497 e. The molecule has 0 bridgehead atoms. The van der Waals surface area contributed by atoms with E-state index in [0.29, 0.717) is 16.8 Å². The van der Waals surface area contributed by atoms with Gasteiger partial charge in [0.15, 0.2) is 5.78 Å². The third kappa shape index (κ3) is 4.17. The lowest BCUT2D eigenvalue weighted by atomic mass is 10.0. The van der Waals surface area contributed by atoms with E-state index in [-0.39, 0.29) is 38.6 Å². The van der Waals surface area contributed by atoms with Crippen LogP contribution in [0.3, 0.4) is 0 Å². The molecule has 0 amide bonds. The van der Waals surface area contributed by atoms with Gasteiger partial charge in [-0.25, -0.2) is 18.4 Å². The monoisotopic (exact) mass is 499 g/mol. The second-order valence-electron chi connectivity index (χ2n) is 7.78. The molecule has 2 aromatic carbocycles. The molecular formula is C23H22ClN5O4S. The molecule has 0 radical (unpaired) electrons. The first-order valence-electron chi connectivity index (χ1n) is 10.2. The first-order valence-corrected chi connectivity index (χ1v) is 12.1. The summed E-state index contributed by atoms with van der Waals surface area (Å²) < 4.78 is 35.2. The summed E-state index contributed by atoms with van der Waals surface area (Å²) in [5.41, 5.74) is 7.05. The van der Waals surface area contributed by atoms with Crippen LogP contribution in [0.1, 0.15) is 35.8 Å². The number of halogens is 1. The van der Waals surface area contributed by atoms with Crippen LogP contribution in [0.5, 0.6) is 5.75 Å². The molecule has 0 aliphatic heterocycles. The molecule has 2 heterocycles. The quantitative estimate of drug-likeness (QED) is 0.363. The van der Waals surface area contributed by atoms with Crippen molar-refractivity contribution < 1.29 is 17.9 Å².